The zero-order valence-electron chi connectivity index (χ0n) is 13.8. The highest BCUT2D eigenvalue weighted by Gasteiger charge is 2.24. The number of ether oxygens (including phenoxy) is 1. The highest BCUT2D eigenvalue weighted by atomic mass is 16.5. The predicted molar refractivity (Wildman–Crippen MR) is 85.5 cm³/mol. The van der Waals surface area contributed by atoms with Crippen LogP contribution in [0.15, 0.2) is 6.20 Å². The Labute approximate surface area is 131 Å². The van der Waals surface area contributed by atoms with E-state index in [1.807, 2.05) is 14.1 Å². The van der Waals surface area contributed by atoms with E-state index < -0.39 is 0 Å². The van der Waals surface area contributed by atoms with Gasteiger partial charge in [-0.3, -0.25) is 9.69 Å². The molecule has 0 bridgehead atoms. The van der Waals surface area contributed by atoms with Crippen LogP contribution in [0.2, 0.25) is 0 Å². The van der Waals surface area contributed by atoms with Crippen LogP contribution in [0.4, 0.5) is 5.95 Å². The van der Waals surface area contributed by atoms with Crippen molar-refractivity contribution in [3.05, 3.63) is 11.8 Å². The molecule has 2 rings (SSSR count). The van der Waals surface area contributed by atoms with E-state index in [-0.39, 0.29) is 5.91 Å². The quantitative estimate of drug-likeness (QED) is 0.837. The first kappa shape index (κ1) is 16.5. The van der Waals surface area contributed by atoms with Gasteiger partial charge in [0.25, 0.3) is 5.91 Å². The number of nitrogens with zero attached hydrogens (tertiary/aromatic N) is 4. The molecule has 1 saturated heterocycles. The summed E-state index contributed by atoms with van der Waals surface area (Å²) in [5, 5.41) is 2.97. The summed E-state index contributed by atoms with van der Waals surface area (Å²) in [6.07, 6.45) is 3.84. The van der Waals surface area contributed by atoms with Gasteiger partial charge in [-0.1, -0.05) is 6.92 Å². The Morgan fingerprint density at radius 1 is 1.55 bits per heavy atom. The van der Waals surface area contributed by atoms with Gasteiger partial charge in [-0.25, -0.2) is 4.98 Å². The van der Waals surface area contributed by atoms with E-state index in [2.05, 4.69) is 27.1 Å². The third-order valence-electron chi connectivity index (χ3n) is 3.98. The number of nitrogens with one attached hydrogen (secondary N) is 1. The van der Waals surface area contributed by atoms with Crippen LogP contribution in [0.25, 0.3) is 0 Å². The van der Waals surface area contributed by atoms with Crippen LogP contribution >= 0.6 is 0 Å². The highest BCUT2D eigenvalue weighted by Crippen LogP contribution is 2.18. The zero-order chi connectivity index (χ0) is 16.1. The molecule has 0 radical (unpaired) electrons. The minimum atomic E-state index is -0.190. The first-order chi connectivity index (χ1) is 10.6. The molecule has 22 heavy (non-hydrogen) atoms. The van der Waals surface area contributed by atoms with Crippen molar-refractivity contribution in [1.82, 2.24) is 20.2 Å². The van der Waals surface area contributed by atoms with Crippen LogP contribution in [-0.2, 0) is 0 Å². The fourth-order valence-electron chi connectivity index (χ4n) is 2.73. The molecule has 1 fully saturated rings. The van der Waals surface area contributed by atoms with Crippen molar-refractivity contribution in [2.24, 2.45) is 0 Å². The molecule has 2 heterocycles. The molecule has 7 heteroatoms. The first-order valence-corrected chi connectivity index (χ1v) is 7.67. The van der Waals surface area contributed by atoms with Gasteiger partial charge in [-0.05, 0) is 25.9 Å². The molecule has 0 aromatic carbocycles. The second kappa shape index (κ2) is 7.40. The largest absolute Gasteiger partial charge is 0.480 e. The van der Waals surface area contributed by atoms with Crippen LogP contribution in [0.1, 0.15) is 30.1 Å². The van der Waals surface area contributed by atoms with E-state index in [9.17, 15) is 4.79 Å². The Balaban J connectivity index is 2.03. The fraction of sp³-hybridized carbons (Fsp3) is 0.667. The zero-order valence-corrected chi connectivity index (χ0v) is 13.8. The smallest absolute Gasteiger partial charge is 0.258 e. The second-order valence-electron chi connectivity index (χ2n) is 5.62. The van der Waals surface area contributed by atoms with Crippen LogP contribution in [0.5, 0.6) is 5.88 Å². The van der Waals surface area contributed by atoms with E-state index in [1.54, 1.807) is 4.90 Å². The van der Waals surface area contributed by atoms with Crippen molar-refractivity contribution in [3.63, 3.8) is 0 Å². The lowest BCUT2D eigenvalue weighted by atomic mass is 10.2. The lowest BCUT2D eigenvalue weighted by molar-refractivity contribution is 0.0937. The maximum absolute atomic E-state index is 12.4. The number of likely N-dealkylation sites (tertiary alicyclic amines) is 1. The third-order valence-corrected chi connectivity index (χ3v) is 3.98. The van der Waals surface area contributed by atoms with Gasteiger partial charge in [-0.2, -0.15) is 4.98 Å². The molecule has 1 atom stereocenters. The number of methoxy groups -OCH3 is 1. The number of carbonyl (C=O) groups is 1. The van der Waals surface area contributed by atoms with Crippen molar-refractivity contribution in [1.29, 1.82) is 0 Å². The Bertz CT molecular complexity index is 521. The maximum Gasteiger partial charge on any atom is 0.258 e. The minimum absolute atomic E-state index is 0.190. The van der Waals surface area contributed by atoms with Crippen molar-refractivity contribution >= 4 is 11.9 Å². The Morgan fingerprint density at radius 2 is 2.32 bits per heavy atom. The molecule has 0 saturated carbocycles. The number of rotatable bonds is 6. The number of amides is 1. The normalized spacial score (nSPS) is 18.3. The fourth-order valence-corrected chi connectivity index (χ4v) is 2.73. The van der Waals surface area contributed by atoms with Crippen LogP contribution < -0.4 is 15.0 Å². The van der Waals surface area contributed by atoms with Gasteiger partial charge in [0.05, 0.1) is 7.11 Å². The third kappa shape index (κ3) is 3.65. The second-order valence-corrected chi connectivity index (χ2v) is 5.62. The van der Waals surface area contributed by atoms with Gasteiger partial charge < -0.3 is 15.0 Å². The molecule has 1 aliphatic heterocycles. The number of anilines is 1. The highest BCUT2D eigenvalue weighted by molar-refractivity contribution is 5.96. The van der Waals surface area contributed by atoms with E-state index in [0.717, 1.165) is 19.5 Å². The molecule has 7 nitrogen and oxygen atoms in total. The molecule has 1 N–H and O–H groups in total. The monoisotopic (exact) mass is 307 g/mol. The number of hydrogen-bond donors (Lipinski definition) is 1. The summed E-state index contributed by atoms with van der Waals surface area (Å²) in [6.45, 7) is 4.92. The molecular formula is C15H25N5O2. The van der Waals surface area contributed by atoms with Gasteiger partial charge in [0.15, 0.2) is 0 Å². The number of hydrogen-bond acceptors (Lipinski definition) is 6. The average Bonchev–Trinajstić information content (AvgIpc) is 2.99. The van der Waals surface area contributed by atoms with E-state index in [4.69, 9.17) is 4.74 Å². The Hall–Kier alpha value is -1.89. The first-order valence-electron chi connectivity index (χ1n) is 7.67. The van der Waals surface area contributed by atoms with Crippen LogP contribution in [-0.4, -0.2) is 67.7 Å². The topological polar surface area (TPSA) is 70.6 Å². The number of aromatic nitrogens is 2. The van der Waals surface area contributed by atoms with E-state index in [1.165, 1.54) is 19.7 Å². The average molecular weight is 307 g/mol. The summed E-state index contributed by atoms with van der Waals surface area (Å²) in [4.78, 5) is 24.9. The molecule has 1 aromatic heterocycles. The summed E-state index contributed by atoms with van der Waals surface area (Å²) >= 11 is 0. The maximum atomic E-state index is 12.4. The SMILES string of the molecule is CCN1CCCC1CNC(=O)c1cnc(N(C)C)nc1OC. The summed E-state index contributed by atoms with van der Waals surface area (Å²) in [7, 11) is 5.19. The minimum Gasteiger partial charge on any atom is -0.480 e. The van der Waals surface area contributed by atoms with Crippen molar-refractivity contribution in [3.8, 4) is 5.88 Å². The standard InChI is InChI=1S/C15H25N5O2/c1-5-20-8-6-7-11(20)9-16-13(21)12-10-17-15(19(2)3)18-14(12)22-4/h10-11H,5-9H2,1-4H3,(H,16,21). The van der Waals surface area contributed by atoms with Crippen LogP contribution in [0.3, 0.4) is 0 Å². The number of likely N-dealkylation sites (N-methyl/N-ethyl adjacent to an activating group) is 1. The predicted octanol–water partition coefficient (Wildman–Crippen LogP) is 0.765. The van der Waals surface area contributed by atoms with Gasteiger partial charge >= 0.3 is 0 Å². The number of carbonyl (C=O) groups excluding carboxylic acids is 1. The molecule has 0 aliphatic carbocycles. The molecular weight excluding hydrogens is 282 g/mol. The summed E-state index contributed by atoms with van der Waals surface area (Å²) < 4.78 is 5.22. The molecule has 1 aliphatic rings. The molecule has 0 spiro atoms. The summed E-state index contributed by atoms with van der Waals surface area (Å²) in [6, 6.07) is 0.418. The van der Waals surface area contributed by atoms with Crippen molar-refractivity contribution in [2.45, 2.75) is 25.8 Å². The summed E-state index contributed by atoms with van der Waals surface area (Å²) in [5.74, 6) is 0.626. The van der Waals surface area contributed by atoms with Gasteiger partial charge in [0.1, 0.15) is 5.56 Å². The van der Waals surface area contributed by atoms with Gasteiger partial charge in [-0.15, -0.1) is 0 Å². The van der Waals surface area contributed by atoms with Crippen LogP contribution in [0, 0.1) is 0 Å². The van der Waals surface area contributed by atoms with Gasteiger partial charge in [0, 0.05) is 32.9 Å². The van der Waals surface area contributed by atoms with Crippen molar-refractivity contribution in [2.75, 3.05) is 45.7 Å². The molecule has 1 aromatic rings. The lowest BCUT2D eigenvalue weighted by Crippen LogP contribution is -2.40. The van der Waals surface area contributed by atoms with Gasteiger partial charge in [0.2, 0.25) is 11.8 Å². The Kier molecular flexibility index (Phi) is 5.54. The molecule has 122 valence electrons. The summed E-state index contributed by atoms with van der Waals surface area (Å²) in [5.41, 5.74) is 0.370. The molecule has 1 unspecified atom stereocenters. The molecule has 1 amide bonds. The Morgan fingerprint density at radius 3 is 2.95 bits per heavy atom. The van der Waals surface area contributed by atoms with E-state index >= 15 is 0 Å². The lowest BCUT2D eigenvalue weighted by Gasteiger charge is -2.23. The van der Waals surface area contributed by atoms with Crippen molar-refractivity contribution < 1.29 is 9.53 Å². The van der Waals surface area contributed by atoms with E-state index in [0.29, 0.717) is 30.0 Å².